The van der Waals surface area contributed by atoms with Crippen LogP contribution in [0.25, 0.3) is 0 Å². The number of piperazine rings is 1. The van der Waals surface area contributed by atoms with Gasteiger partial charge in [-0.2, -0.15) is 0 Å². The first kappa shape index (κ1) is 20.6. The Labute approximate surface area is 172 Å². The molecular formula is C22H27ClFN3O. The normalized spacial score (nSPS) is 16.4. The summed E-state index contributed by atoms with van der Waals surface area (Å²) in [7, 11) is 0. The highest BCUT2D eigenvalue weighted by molar-refractivity contribution is 5.91. The first-order chi connectivity index (χ1) is 13.2. The van der Waals surface area contributed by atoms with Crippen molar-refractivity contribution in [1.82, 2.24) is 4.90 Å². The highest BCUT2D eigenvalue weighted by atomic mass is 35.5. The van der Waals surface area contributed by atoms with Crippen molar-refractivity contribution in [3.63, 3.8) is 0 Å². The number of halogens is 2. The molecule has 1 fully saturated rings. The van der Waals surface area contributed by atoms with Crippen molar-refractivity contribution in [3.05, 3.63) is 59.4 Å². The third kappa shape index (κ3) is 4.83. The molecule has 0 aromatic heterocycles. The fourth-order valence-corrected chi connectivity index (χ4v) is 4.05. The molecule has 1 saturated heterocycles. The number of rotatable bonds is 5. The number of aryl methyl sites for hydroxylation is 2. The van der Waals surface area contributed by atoms with E-state index < -0.39 is 0 Å². The van der Waals surface area contributed by atoms with E-state index in [1.54, 1.807) is 6.07 Å². The molecule has 6 heteroatoms. The number of anilines is 2. The van der Waals surface area contributed by atoms with Gasteiger partial charge >= 0.3 is 0 Å². The van der Waals surface area contributed by atoms with Gasteiger partial charge in [0.2, 0.25) is 5.91 Å². The molecule has 0 radical (unpaired) electrons. The van der Waals surface area contributed by atoms with E-state index in [1.165, 1.54) is 23.6 Å². The van der Waals surface area contributed by atoms with Crippen LogP contribution in [0.5, 0.6) is 0 Å². The van der Waals surface area contributed by atoms with E-state index in [0.29, 0.717) is 12.1 Å². The number of benzene rings is 2. The summed E-state index contributed by atoms with van der Waals surface area (Å²) in [5, 5.41) is 3.03. The van der Waals surface area contributed by atoms with Crippen molar-refractivity contribution in [2.45, 2.75) is 25.7 Å². The second-order valence-corrected chi connectivity index (χ2v) is 7.42. The lowest BCUT2D eigenvalue weighted by molar-refractivity contribution is -0.116. The second-order valence-electron chi connectivity index (χ2n) is 7.42. The molecule has 0 bridgehead atoms. The maximum absolute atomic E-state index is 13.9. The maximum Gasteiger partial charge on any atom is 0.225 e. The number of carbonyl (C=O) groups excluding carboxylic acids is 1. The monoisotopic (exact) mass is 403 g/mol. The first-order valence-electron chi connectivity index (χ1n) is 9.82. The molecule has 1 N–H and O–H groups in total. The van der Waals surface area contributed by atoms with Gasteiger partial charge in [0.25, 0.3) is 0 Å². The van der Waals surface area contributed by atoms with Crippen LogP contribution in [0.1, 0.15) is 24.0 Å². The van der Waals surface area contributed by atoms with Gasteiger partial charge in [-0.1, -0.05) is 18.2 Å². The summed E-state index contributed by atoms with van der Waals surface area (Å²) in [6.07, 6.45) is 3.97. The van der Waals surface area contributed by atoms with E-state index in [-0.39, 0.29) is 24.1 Å². The molecule has 1 aliphatic heterocycles. The molecule has 4 nitrogen and oxygen atoms in total. The number of amides is 1. The summed E-state index contributed by atoms with van der Waals surface area (Å²) in [5.74, 6) is -0.107. The van der Waals surface area contributed by atoms with Crippen LogP contribution in [0.4, 0.5) is 15.8 Å². The van der Waals surface area contributed by atoms with Gasteiger partial charge in [0.1, 0.15) is 5.82 Å². The molecule has 0 unspecified atom stereocenters. The lowest BCUT2D eigenvalue weighted by Crippen LogP contribution is -2.47. The standard InChI is InChI=1S/C22H26FN3O.ClH/c23-20-6-1-2-7-21(20)26-14-12-25(13-15-26)11-10-22(27)24-19-9-8-17-4-3-5-18(17)16-19;/h1-2,6-9,16H,3-5,10-15H2,(H,24,27);1H. The SMILES string of the molecule is Cl.O=C(CCN1CCN(c2ccccc2F)CC1)Nc1ccc2c(c1)CCC2. The van der Waals surface area contributed by atoms with Crippen molar-refractivity contribution >= 4 is 29.7 Å². The Hall–Kier alpha value is -2.11. The van der Waals surface area contributed by atoms with Crippen molar-refractivity contribution in [3.8, 4) is 0 Å². The van der Waals surface area contributed by atoms with Crippen LogP contribution in [-0.2, 0) is 17.6 Å². The Kier molecular flexibility index (Phi) is 6.92. The van der Waals surface area contributed by atoms with Gasteiger partial charge in [-0.25, -0.2) is 4.39 Å². The molecule has 1 heterocycles. The number of hydrogen-bond acceptors (Lipinski definition) is 3. The zero-order valence-corrected chi connectivity index (χ0v) is 16.8. The number of para-hydroxylation sites is 1. The average Bonchev–Trinajstić information content (AvgIpc) is 3.15. The lowest BCUT2D eigenvalue weighted by atomic mass is 10.1. The van der Waals surface area contributed by atoms with E-state index in [9.17, 15) is 9.18 Å². The predicted octanol–water partition coefficient (Wildman–Crippen LogP) is 3.89. The number of nitrogens with one attached hydrogen (secondary N) is 1. The summed E-state index contributed by atoms with van der Waals surface area (Å²) < 4.78 is 13.9. The van der Waals surface area contributed by atoms with Crippen molar-refractivity contribution in [2.75, 3.05) is 42.9 Å². The Balaban J connectivity index is 0.00000225. The molecule has 28 heavy (non-hydrogen) atoms. The molecule has 1 aliphatic carbocycles. The molecule has 0 spiro atoms. The minimum absolute atomic E-state index is 0. The number of nitrogens with zero attached hydrogens (tertiary/aromatic N) is 2. The van der Waals surface area contributed by atoms with Crippen LogP contribution in [0, 0.1) is 5.82 Å². The van der Waals surface area contributed by atoms with E-state index in [1.807, 2.05) is 18.2 Å². The van der Waals surface area contributed by atoms with Gasteiger partial charge < -0.3 is 10.2 Å². The van der Waals surface area contributed by atoms with Crippen molar-refractivity contribution < 1.29 is 9.18 Å². The van der Waals surface area contributed by atoms with Crippen LogP contribution < -0.4 is 10.2 Å². The zero-order chi connectivity index (χ0) is 18.6. The minimum atomic E-state index is -0.167. The molecule has 0 saturated carbocycles. The smallest absolute Gasteiger partial charge is 0.225 e. The number of hydrogen-bond donors (Lipinski definition) is 1. The molecule has 1 amide bonds. The molecule has 4 rings (SSSR count). The largest absolute Gasteiger partial charge is 0.367 e. The molecule has 2 aliphatic rings. The van der Waals surface area contributed by atoms with Gasteiger partial charge in [-0.15, -0.1) is 12.4 Å². The second kappa shape index (κ2) is 9.39. The molecule has 150 valence electrons. The average molecular weight is 404 g/mol. The topological polar surface area (TPSA) is 35.6 Å². The Morgan fingerprint density at radius 2 is 1.75 bits per heavy atom. The molecule has 2 aromatic rings. The Bertz CT molecular complexity index is 821. The predicted molar refractivity (Wildman–Crippen MR) is 114 cm³/mol. The van der Waals surface area contributed by atoms with Gasteiger partial charge in [-0.3, -0.25) is 9.69 Å². The quantitative estimate of drug-likeness (QED) is 0.822. The van der Waals surface area contributed by atoms with E-state index in [4.69, 9.17) is 0 Å². The number of carbonyl (C=O) groups is 1. The van der Waals surface area contributed by atoms with Crippen LogP contribution in [0.3, 0.4) is 0 Å². The summed E-state index contributed by atoms with van der Waals surface area (Å²) >= 11 is 0. The third-order valence-corrected chi connectivity index (χ3v) is 5.60. The van der Waals surface area contributed by atoms with E-state index >= 15 is 0 Å². The zero-order valence-electron chi connectivity index (χ0n) is 16.0. The van der Waals surface area contributed by atoms with Gasteiger partial charge in [0, 0.05) is 44.8 Å². The van der Waals surface area contributed by atoms with Crippen molar-refractivity contribution in [2.24, 2.45) is 0 Å². The van der Waals surface area contributed by atoms with Gasteiger partial charge in [-0.05, 0) is 54.7 Å². The lowest BCUT2D eigenvalue weighted by Gasteiger charge is -2.36. The molecule has 2 aromatic carbocycles. The van der Waals surface area contributed by atoms with Gasteiger partial charge in [0.15, 0.2) is 0 Å². The minimum Gasteiger partial charge on any atom is -0.367 e. The molecule has 0 atom stereocenters. The highest BCUT2D eigenvalue weighted by Gasteiger charge is 2.20. The summed E-state index contributed by atoms with van der Waals surface area (Å²) in [5.41, 5.74) is 4.37. The molecular weight excluding hydrogens is 377 g/mol. The summed E-state index contributed by atoms with van der Waals surface area (Å²) in [6, 6.07) is 13.2. The Morgan fingerprint density at radius 3 is 2.54 bits per heavy atom. The van der Waals surface area contributed by atoms with Crippen LogP contribution >= 0.6 is 12.4 Å². The fraction of sp³-hybridized carbons (Fsp3) is 0.409. The first-order valence-corrected chi connectivity index (χ1v) is 9.82. The summed E-state index contributed by atoms with van der Waals surface area (Å²) in [4.78, 5) is 16.6. The maximum atomic E-state index is 13.9. The highest BCUT2D eigenvalue weighted by Crippen LogP contribution is 2.25. The van der Waals surface area contributed by atoms with E-state index in [2.05, 4.69) is 27.2 Å². The van der Waals surface area contributed by atoms with Gasteiger partial charge in [0.05, 0.1) is 5.69 Å². The van der Waals surface area contributed by atoms with Crippen molar-refractivity contribution in [1.29, 1.82) is 0 Å². The van der Waals surface area contributed by atoms with Crippen LogP contribution in [0.2, 0.25) is 0 Å². The third-order valence-electron chi connectivity index (χ3n) is 5.60. The van der Waals surface area contributed by atoms with E-state index in [0.717, 1.165) is 51.3 Å². The fourth-order valence-electron chi connectivity index (χ4n) is 4.05. The van der Waals surface area contributed by atoms with Crippen LogP contribution in [-0.4, -0.2) is 43.5 Å². The Morgan fingerprint density at radius 1 is 1.00 bits per heavy atom. The number of fused-ring (bicyclic) bond motifs is 1. The van der Waals surface area contributed by atoms with Crippen LogP contribution in [0.15, 0.2) is 42.5 Å². The summed E-state index contributed by atoms with van der Waals surface area (Å²) in [6.45, 7) is 4.00.